The zero-order chi connectivity index (χ0) is 14.8. The number of hydrogen-bond donors (Lipinski definition) is 0. The number of fused-ring (bicyclic) bond motifs is 1. The molecule has 0 amide bonds. The van der Waals surface area contributed by atoms with Gasteiger partial charge in [0.2, 0.25) is 0 Å². The van der Waals surface area contributed by atoms with Crippen molar-refractivity contribution >= 4 is 22.5 Å². The van der Waals surface area contributed by atoms with Crippen molar-refractivity contribution in [1.82, 2.24) is 4.98 Å². The van der Waals surface area contributed by atoms with Crippen molar-refractivity contribution in [3.63, 3.8) is 0 Å². The Morgan fingerprint density at radius 3 is 2.71 bits per heavy atom. The lowest BCUT2D eigenvalue weighted by atomic mass is 10.1. The first kappa shape index (κ1) is 13.9. The van der Waals surface area contributed by atoms with Gasteiger partial charge in [0.25, 0.3) is 0 Å². The summed E-state index contributed by atoms with van der Waals surface area (Å²) in [6.45, 7) is 4.55. The summed E-state index contributed by atoms with van der Waals surface area (Å²) in [4.78, 5) is 4.41. The molecule has 1 heterocycles. The Balaban J connectivity index is 1.88. The molecule has 1 aromatic heterocycles. The molecule has 0 atom stereocenters. The summed E-state index contributed by atoms with van der Waals surface area (Å²) in [5, 5.41) is 1.57. The maximum Gasteiger partial charge on any atom is 0.136 e. The van der Waals surface area contributed by atoms with Crippen molar-refractivity contribution < 1.29 is 4.74 Å². The highest BCUT2D eigenvalue weighted by Crippen LogP contribution is 2.25. The minimum atomic E-state index is 0.418. The van der Waals surface area contributed by atoms with E-state index in [0.717, 1.165) is 27.8 Å². The van der Waals surface area contributed by atoms with Gasteiger partial charge in [0.15, 0.2) is 0 Å². The number of para-hydroxylation sites is 1. The highest BCUT2D eigenvalue weighted by molar-refractivity contribution is 6.30. The SMILES string of the molecule is Cc1cccc(OCc2cc3ccccc3nc2Cl)c1C. The van der Waals surface area contributed by atoms with Crippen LogP contribution in [0.15, 0.2) is 48.5 Å². The molecule has 0 N–H and O–H groups in total. The number of aryl methyl sites for hydroxylation is 1. The van der Waals surface area contributed by atoms with Crippen LogP contribution in [0.2, 0.25) is 5.15 Å². The first-order valence-electron chi connectivity index (χ1n) is 6.88. The predicted octanol–water partition coefficient (Wildman–Crippen LogP) is 5.08. The Bertz CT molecular complexity index is 798. The molecule has 21 heavy (non-hydrogen) atoms. The van der Waals surface area contributed by atoms with Gasteiger partial charge in [0.1, 0.15) is 17.5 Å². The van der Waals surface area contributed by atoms with Crippen LogP contribution in [0.25, 0.3) is 10.9 Å². The van der Waals surface area contributed by atoms with E-state index in [2.05, 4.69) is 24.9 Å². The summed E-state index contributed by atoms with van der Waals surface area (Å²) in [6.07, 6.45) is 0. The third-order valence-electron chi connectivity index (χ3n) is 3.69. The lowest BCUT2D eigenvalue weighted by Gasteiger charge is -2.12. The molecule has 3 rings (SSSR count). The highest BCUT2D eigenvalue weighted by Gasteiger charge is 2.07. The van der Waals surface area contributed by atoms with E-state index in [9.17, 15) is 0 Å². The highest BCUT2D eigenvalue weighted by atomic mass is 35.5. The lowest BCUT2D eigenvalue weighted by molar-refractivity contribution is 0.303. The molecule has 0 aliphatic heterocycles. The normalized spacial score (nSPS) is 10.8. The van der Waals surface area contributed by atoms with Crippen LogP contribution >= 0.6 is 11.6 Å². The Morgan fingerprint density at radius 1 is 1.05 bits per heavy atom. The fourth-order valence-electron chi connectivity index (χ4n) is 2.27. The predicted molar refractivity (Wildman–Crippen MR) is 87.0 cm³/mol. The van der Waals surface area contributed by atoms with Crippen molar-refractivity contribution in [1.29, 1.82) is 0 Å². The molecule has 2 nitrogen and oxygen atoms in total. The number of rotatable bonds is 3. The summed E-state index contributed by atoms with van der Waals surface area (Å²) >= 11 is 6.25. The largest absolute Gasteiger partial charge is 0.489 e. The zero-order valence-electron chi connectivity index (χ0n) is 12.1. The van der Waals surface area contributed by atoms with Crippen LogP contribution in [0, 0.1) is 13.8 Å². The average molecular weight is 298 g/mol. The monoisotopic (exact) mass is 297 g/mol. The maximum atomic E-state index is 6.25. The Hall–Kier alpha value is -2.06. The van der Waals surface area contributed by atoms with E-state index >= 15 is 0 Å². The van der Waals surface area contributed by atoms with E-state index in [4.69, 9.17) is 16.3 Å². The topological polar surface area (TPSA) is 22.1 Å². The molecule has 0 unspecified atom stereocenters. The van der Waals surface area contributed by atoms with Gasteiger partial charge in [-0.15, -0.1) is 0 Å². The van der Waals surface area contributed by atoms with Gasteiger partial charge in [0, 0.05) is 10.9 Å². The van der Waals surface area contributed by atoms with E-state index in [-0.39, 0.29) is 0 Å². The molecule has 0 saturated heterocycles. The van der Waals surface area contributed by atoms with Crippen LogP contribution in [0.3, 0.4) is 0 Å². The number of halogens is 1. The van der Waals surface area contributed by atoms with Crippen LogP contribution in [0.4, 0.5) is 0 Å². The Labute approximate surface area is 129 Å². The Morgan fingerprint density at radius 2 is 1.86 bits per heavy atom. The van der Waals surface area contributed by atoms with Crippen LogP contribution in [-0.2, 0) is 6.61 Å². The van der Waals surface area contributed by atoms with Gasteiger partial charge in [-0.05, 0) is 43.2 Å². The first-order valence-corrected chi connectivity index (χ1v) is 7.26. The number of hydrogen-bond acceptors (Lipinski definition) is 2. The number of nitrogens with zero attached hydrogens (tertiary/aromatic N) is 1. The first-order chi connectivity index (χ1) is 10.1. The summed E-state index contributed by atoms with van der Waals surface area (Å²) in [5.41, 5.74) is 4.17. The quantitative estimate of drug-likeness (QED) is 0.629. The summed E-state index contributed by atoms with van der Waals surface area (Å²) in [6, 6.07) is 16.0. The van der Waals surface area contributed by atoms with E-state index in [1.807, 2.05) is 42.5 Å². The second-order valence-electron chi connectivity index (χ2n) is 5.12. The third kappa shape index (κ3) is 2.86. The van der Waals surface area contributed by atoms with Crippen molar-refractivity contribution in [3.8, 4) is 5.75 Å². The van der Waals surface area contributed by atoms with Gasteiger partial charge in [-0.2, -0.15) is 0 Å². The minimum absolute atomic E-state index is 0.418. The van der Waals surface area contributed by atoms with Crippen LogP contribution in [0.1, 0.15) is 16.7 Å². The summed E-state index contributed by atoms with van der Waals surface area (Å²) in [5.74, 6) is 0.888. The number of ether oxygens (including phenoxy) is 1. The van der Waals surface area contributed by atoms with Crippen LogP contribution in [-0.4, -0.2) is 4.98 Å². The number of benzene rings is 2. The molecule has 3 aromatic rings. The van der Waals surface area contributed by atoms with Gasteiger partial charge >= 0.3 is 0 Å². The van der Waals surface area contributed by atoms with Gasteiger partial charge in [-0.3, -0.25) is 0 Å². The fraction of sp³-hybridized carbons (Fsp3) is 0.167. The van der Waals surface area contributed by atoms with E-state index in [0.29, 0.717) is 11.8 Å². The second-order valence-corrected chi connectivity index (χ2v) is 5.48. The molecule has 106 valence electrons. The summed E-state index contributed by atoms with van der Waals surface area (Å²) < 4.78 is 5.91. The van der Waals surface area contributed by atoms with E-state index in [1.165, 1.54) is 5.56 Å². The van der Waals surface area contributed by atoms with Gasteiger partial charge in [-0.25, -0.2) is 4.98 Å². The van der Waals surface area contributed by atoms with Gasteiger partial charge in [0.05, 0.1) is 5.52 Å². The molecule has 2 aromatic carbocycles. The molecule has 0 radical (unpaired) electrons. The lowest BCUT2D eigenvalue weighted by Crippen LogP contribution is -2.00. The minimum Gasteiger partial charge on any atom is -0.489 e. The fourth-order valence-corrected chi connectivity index (χ4v) is 2.47. The molecule has 0 spiro atoms. The van der Waals surface area contributed by atoms with Gasteiger partial charge in [-0.1, -0.05) is 41.9 Å². The second kappa shape index (κ2) is 5.74. The molecule has 0 aliphatic rings. The Kier molecular flexibility index (Phi) is 3.80. The van der Waals surface area contributed by atoms with Crippen molar-refractivity contribution in [2.45, 2.75) is 20.5 Å². The third-order valence-corrected chi connectivity index (χ3v) is 4.02. The molecule has 0 saturated carbocycles. The zero-order valence-corrected chi connectivity index (χ0v) is 12.8. The number of aromatic nitrogens is 1. The standard InChI is InChI=1S/C18H16ClNO/c1-12-6-5-9-17(13(12)2)21-11-15-10-14-7-3-4-8-16(14)20-18(15)19/h3-10H,11H2,1-2H3. The van der Waals surface area contributed by atoms with Crippen molar-refractivity contribution in [3.05, 3.63) is 70.4 Å². The molecule has 3 heteroatoms. The summed E-state index contributed by atoms with van der Waals surface area (Å²) in [7, 11) is 0. The molecule has 0 bridgehead atoms. The maximum absolute atomic E-state index is 6.25. The average Bonchev–Trinajstić information content (AvgIpc) is 2.49. The van der Waals surface area contributed by atoms with Gasteiger partial charge < -0.3 is 4.74 Å². The number of pyridine rings is 1. The van der Waals surface area contributed by atoms with Crippen LogP contribution in [0.5, 0.6) is 5.75 Å². The smallest absolute Gasteiger partial charge is 0.136 e. The molecule has 0 fully saturated rings. The van der Waals surface area contributed by atoms with Crippen molar-refractivity contribution in [2.75, 3.05) is 0 Å². The molecular weight excluding hydrogens is 282 g/mol. The van der Waals surface area contributed by atoms with E-state index in [1.54, 1.807) is 0 Å². The molecule has 0 aliphatic carbocycles. The molecular formula is C18H16ClNO. The van der Waals surface area contributed by atoms with E-state index < -0.39 is 0 Å². The van der Waals surface area contributed by atoms with Crippen molar-refractivity contribution in [2.24, 2.45) is 0 Å². The van der Waals surface area contributed by atoms with Crippen LogP contribution < -0.4 is 4.74 Å².